The zero-order valence-electron chi connectivity index (χ0n) is 16.3. The van der Waals surface area contributed by atoms with Crippen LogP contribution in [0.2, 0.25) is 0 Å². The van der Waals surface area contributed by atoms with E-state index in [9.17, 15) is 13.2 Å². The molecule has 0 aromatic heterocycles. The van der Waals surface area contributed by atoms with E-state index in [0.717, 1.165) is 15.6 Å². The third-order valence-corrected chi connectivity index (χ3v) is 6.73. The smallest absolute Gasteiger partial charge is 0.262 e. The Morgan fingerprint density at radius 2 is 1.59 bits per heavy atom. The summed E-state index contributed by atoms with van der Waals surface area (Å²) in [5.41, 5.74) is 3.82. The highest BCUT2D eigenvalue weighted by Gasteiger charge is 2.20. The van der Waals surface area contributed by atoms with Gasteiger partial charge in [0, 0.05) is 15.7 Å². The summed E-state index contributed by atoms with van der Waals surface area (Å²) in [6, 6.07) is 17.2. The Morgan fingerprint density at radius 3 is 2.28 bits per heavy atom. The van der Waals surface area contributed by atoms with E-state index in [0.29, 0.717) is 16.9 Å². The molecule has 2 N–H and O–H groups in total. The van der Waals surface area contributed by atoms with Crippen LogP contribution in [0.25, 0.3) is 0 Å². The number of hydrogen-bond donors (Lipinski definition) is 2. The van der Waals surface area contributed by atoms with Crippen molar-refractivity contribution in [3.8, 4) is 0 Å². The van der Waals surface area contributed by atoms with Crippen molar-refractivity contribution in [3.63, 3.8) is 0 Å². The number of amides is 1. The number of benzene rings is 3. The molecule has 0 saturated heterocycles. The second-order valence-corrected chi connectivity index (χ2v) is 9.36. The number of carbonyl (C=O) groups is 1. The molecule has 0 unspecified atom stereocenters. The Balaban J connectivity index is 1.90. The van der Waals surface area contributed by atoms with Crippen LogP contribution in [0, 0.1) is 20.8 Å². The van der Waals surface area contributed by atoms with Crippen LogP contribution >= 0.6 is 15.9 Å². The van der Waals surface area contributed by atoms with Crippen LogP contribution in [0.4, 0.5) is 11.4 Å². The maximum absolute atomic E-state index is 13.0. The molecule has 3 aromatic rings. The fraction of sp³-hybridized carbons (Fsp3) is 0.136. The van der Waals surface area contributed by atoms with Crippen molar-refractivity contribution in [2.24, 2.45) is 0 Å². The van der Waals surface area contributed by atoms with Gasteiger partial charge in [0.2, 0.25) is 0 Å². The number of aryl methyl sites for hydroxylation is 2. The predicted molar refractivity (Wildman–Crippen MR) is 120 cm³/mol. The molecule has 0 spiro atoms. The van der Waals surface area contributed by atoms with Gasteiger partial charge in [-0.05, 0) is 79.9 Å². The lowest BCUT2D eigenvalue weighted by atomic mass is 10.1. The first-order valence-corrected chi connectivity index (χ1v) is 11.2. The molecule has 150 valence electrons. The van der Waals surface area contributed by atoms with E-state index >= 15 is 0 Å². The molecule has 0 fully saturated rings. The summed E-state index contributed by atoms with van der Waals surface area (Å²) in [4.78, 5) is 12.7. The summed E-state index contributed by atoms with van der Waals surface area (Å²) in [6.45, 7) is 5.49. The van der Waals surface area contributed by atoms with E-state index in [4.69, 9.17) is 0 Å². The fourth-order valence-corrected chi connectivity index (χ4v) is 4.49. The molecular weight excluding hydrogens is 452 g/mol. The molecule has 29 heavy (non-hydrogen) atoms. The Bertz CT molecular complexity index is 1170. The van der Waals surface area contributed by atoms with Gasteiger partial charge < -0.3 is 5.32 Å². The Morgan fingerprint density at radius 1 is 0.897 bits per heavy atom. The molecule has 0 atom stereocenters. The van der Waals surface area contributed by atoms with Crippen LogP contribution in [-0.2, 0) is 10.0 Å². The number of anilines is 2. The minimum atomic E-state index is -3.85. The molecule has 7 heteroatoms. The topological polar surface area (TPSA) is 75.3 Å². The van der Waals surface area contributed by atoms with Gasteiger partial charge in [-0.25, -0.2) is 8.42 Å². The number of carbonyl (C=O) groups excluding carboxylic acids is 1. The van der Waals surface area contributed by atoms with Gasteiger partial charge in [-0.1, -0.05) is 34.1 Å². The van der Waals surface area contributed by atoms with Gasteiger partial charge in [-0.3, -0.25) is 9.52 Å². The van der Waals surface area contributed by atoms with Crippen LogP contribution < -0.4 is 10.0 Å². The van der Waals surface area contributed by atoms with Crippen LogP contribution in [0.15, 0.2) is 70.0 Å². The molecule has 3 rings (SSSR count). The molecule has 0 radical (unpaired) electrons. The summed E-state index contributed by atoms with van der Waals surface area (Å²) in [5, 5.41) is 2.77. The normalized spacial score (nSPS) is 11.2. The maximum atomic E-state index is 13.0. The Labute approximate surface area is 179 Å². The van der Waals surface area contributed by atoms with E-state index < -0.39 is 10.0 Å². The molecule has 1 amide bonds. The van der Waals surface area contributed by atoms with E-state index in [2.05, 4.69) is 26.0 Å². The number of rotatable bonds is 5. The minimum Gasteiger partial charge on any atom is -0.322 e. The van der Waals surface area contributed by atoms with Crippen molar-refractivity contribution in [3.05, 3.63) is 87.4 Å². The van der Waals surface area contributed by atoms with Gasteiger partial charge in [0.1, 0.15) is 0 Å². The largest absolute Gasteiger partial charge is 0.322 e. The van der Waals surface area contributed by atoms with Crippen molar-refractivity contribution in [2.45, 2.75) is 25.7 Å². The van der Waals surface area contributed by atoms with Crippen molar-refractivity contribution in [1.82, 2.24) is 0 Å². The van der Waals surface area contributed by atoms with Crippen molar-refractivity contribution in [1.29, 1.82) is 0 Å². The van der Waals surface area contributed by atoms with E-state index in [1.54, 1.807) is 43.3 Å². The standard InChI is InChI=1S/C22H21BrN2O3S/c1-14-5-4-6-20(16(14)3)25-29(27,28)21-13-17(8-7-15(21)2)22(26)24-19-11-9-18(23)10-12-19/h4-13,25H,1-3H3,(H,24,26). The Kier molecular flexibility index (Phi) is 6.10. The third kappa shape index (κ3) is 4.86. The van der Waals surface area contributed by atoms with Gasteiger partial charge in [-0.15, -0.1) is 0 Å². The molecule has 0 heterocycles. The summed E-state index contributed by atoms with van der Waals surface area (Å²) in [5.74, 6) is -0.379. The number of halogens is 1. The highest BCUT2D eigenvalue weighted by atomic mass is 79.9. The van der Waals surface area contributed by atoms with Gasteiger partial charge in [0.25, 0.3) is 15.9 Å². The van der Waals surface area contributed by atoms with Crippen molar-refractivity contribution >= 4 is 43.2 Å². The average molecular weight is 473 g/mol. The Hall–Kier alpha value is -2.64. The highest BCUT2D eigenvalue weighted by molar-refractivity contribution is 9.10. The third-order valence-electron chi connectivity index (χ3n) is 4.69. The second-order valence-electron chi connectivity index (χ2n) is 6.79. The lowest BCUT2D eigenvalue weighted by Crippen LogP contribution is -2.17. The minimum absolute atomic E-state index is 0.0712. The van der Waals surface area contributed by atoms with E-state index in [1.807, 2.05) is 32.0 Å². The number of hydrogen-bond acceptors (Lipinski definition) is 3. The van der Waals surface area contributed by atoms with Crippen LogP contribution in [0.3, 0.4) is 0 Å². The van der Waals surface area contributed by atoms with E-state index in [-0.39, 0.29) is 16.4 Å². The summed E-state index contributed by atoms with van der Waals surface area (Å²) in [6.07, 6.45) is 0. The molecule has 5 nitrogen and oxygen atoms in total. The van der Waals surface area contributed by atoms with Crippen LogP contribution in [-0.4, -0.2) is 14.3 Å². The van der Waals surface area contributed by atoms with Gasteiger partial charge in [-0.2, -0.15) is 0 Å². The first-order chi connectivity index (χ1) is 13.7. The first kappa shape index (κ1) is 21.1. The number of sulfonamides is 1. The van der Waals surface area contributed by atoms with Gasteiger partial charge in [0.15, 0.2) is 0 Å². The molecule has 0 aliphatic rings. The lowest BCUT2D eigenvalue weighted by molar-refractivity contribution is 0.102. The molecule has 0 bridgehead atoms. The van der Waals surface area contributed by atoms with Crippen LogP contribution in [0.5, 0.6) is 0 Å². The van der Waals surface area contributed by atoms with E-state index in [1.165, 1.54) is 6.07 Å². The molecule has 0 aliphatic carbocycles. The molecular formula is C22H21BrN2O3S. The summed E-state index contributed by atoms with van der Waals surface area (Å²) < 4.78 is 29.6. The highest BCUT2D eigenvalue weighted by Crippen LogP contribution is 2.25. The molecule has 3 aromatic carbocycles. The monoisotopic (exact) mass is 472 g/mol. The molecule has 0 aliphatic heterocycles. The summed E-state index contributed by atoms with van der Waals surface area (Å²) in [7, 11) is -3.85. The predicted octanol–water partition coefficient (Wildman–Crippen LogP) is 5.43. The lowest BCUT2D eigenvalue weighted by Gasteiger charge is -2.14. The first-order valence-electron chi connectivity index (χ1n) is 8.94. The van der Waals surface area contributed by atoms with Gasteiger partial charge in [0.05, 0.1) is 10.6 Å². The SMILES string of the molecule is Cc1ccc(C(=O)Nc2ccc(Br)cc2)cc1S(=O)(=O)Nc1cccc(C)c1C. The van der Waals surface area contributed by atoms with Crippen molar-refractivity contribution in [2.75, 3.05) is 10.0 Å². The zero-order chi connectivity index (χ0) is 21.2. The molecule has 0 saturated carbocycles. The van der Waals surface area contributed by atoms with Crippen LogP contribution in [0.1, 0.15) is 27.0 Å². The second kappa shape index (κ2) is 8.39. The fourth-order valence-electron chi connectivity index (χ4n) is 2.83. The van der Waals surface area contributed by atoms with Crippen molar-refractivity contribution < 1.29 is 13.2 Å². The summed E-state index contributed by atoms with van der Waals surface area (Å²) >= 11 is 3.35. The average Bonchev–Trinajstić information content (AvgIpc) is 2.67. The quantitative estimate of drug-likeness (QED) is 0.519. The maximum Gasteiger partial charge on any atom is 0.262 e. The number of nitrogens with one attached hydrogen (secondary N) is 2. The van der Waals surface area contributed by atoms with Gasteiger partial charge >= 0.3 is 0 Å². The zero-order valence-corrected chi connectivity index (χ0v) is 18.7.